The zero-order valence-corrected chi connectivity index (χ0v) is 23.3. The number of anilines is 1. The Balaban J connectivity index is 1.48. The summed E-state index contributed by atoms with van der Waals surface area (Å²) in [6, 6.07) is 22.8. The van der Waals surface area contributed by atoms with Crippen LogP contribution in [0.4, 0.5) is 10.5 Å². The lowest BCUT2D eigenvalue weighted by Gasteiger charge is -2.23. The topological polar surface area (TPSA) is 90.7 Å². The highest BCUT2D eigenvalue weighted by atomic mass is 35.5. The minimum absolute atomic E-state index is 0.254. The van der Waals surface area contributed by atoms with Crippen LogP contribution in [0.2, 0.25) is 5.02 Å². The van der Waals surface area contributed by atoms with Gasteiger partial charge in [0.25, 0.3) is 0 Å². The van der Waals surface area contributed by atoms with Gasteiger partial charge in [-0.3, -0.25) is 10.1 Å². The second-order valence-corrected chi connectivity index (χ2v) is 10.1. The molecule has 4 rings (SSSR count). The monoisotopic (exact) mass is 546 g/mol. The number of amides is 1. The molecule has 1 N–H and O–H groups in total. The van der Waals surface area contributed by atoms with Gasteiger partial charge in [-0.2, -0.15) is 0 Å². The van der Waals surface area contributed by atoms with Gasteiger partial charge in [-0.15, -0.1) is 0 Å². The van der Waals surface area contributed by atoms with Gasteiger partial charge in [0.15, 0.2) is 5.76 Å². The molecule has 0 aliphatic rings. The van der Waals surface area contributed by atoms with Gasteiger partial charge in [-0.05, 0) is 57.4 Å². The summed E-state index contributed by atoms with van der Waals surface area (Å²) in [5.74, 6) is 0.170. The van der Waals surface area contributed by atoms with Gasteiger partial charge in [-0.1, -0.05) is 83.5 Å². The van der Waals surface area contributed by atoms with E-state index in [0.717, 1.165) is 22.3 Å². The molecular weight excluding hydrogens is 516 g/mol. The summed E-state index contributed by atoms with van der Waals surface area (Å²) < 4.78 is 16.3. The first kappa shape index (κ1) is 27.9. The molecule has 0 fully saturated rings. The van der Waals surface area contributed by atoms with Crippen molar-refractivity contribution in [3.63, 3.8) is 0 Å². The van der Waals surface area contributed by atoms with Gasteiger partial charge < -0.3 is 14.0 Å². The van der Waals surface area contributed by atoms with E-state index in [1.54, 1.807) is 26.8 Å². The molecule has 0 radical (unpaired) electrons. The second kappa shape index (κ2) is 11.7. The van der Waals surface area contributed by atoms with Crippen LogP contribution in [0.5, 0.6) is 0 Å². The number of carbonyl (C=O) groups excluding carboxylic acids is 2. The smallest absolute Gasteiger partial charge is 0.412 e. The normalized spacial score (nSPS) is 12.1. The van der Waals surface area contributed by atoms with Crippen LogP contribution in [0.1, 0.15) is 50.6 Å². The van der Waals surface area contributed by atoms with Crippen molar-refractivity contribution in [2.24, 2.45) is 0 Å². The number of nitrogens with one attached hydrogen (secondary N) is 1. The molecule has 0 saturated carbocycles. The fourth-order valence-corrected chi connectivity index (χ4v) is 4.49. The van der Waals surface area contributed by atoms with Crippen LogP contribution in [0, 0.1) is 6.92 Å². The lowest BCUT2D eigenvalue weighted by Crippen LogP contribution is -2.31. The fourth-order valence-electron chi connectivity index (χ4n) is 4.20. The minimum atomic E-state index is -0.738. The fraction of sp³-hybridized carbons (Fsp3) is 0.258. The number of ether oxygens (including phenoxy) is 2. The Hall–Kier alpha value is -4.10. The summed E-state index contributed by atoms with van der Waals surface area (Å²) in [4.78, 5) is 25.0. The average Bonchev–Trinajstić information content (AvgIpc) is 3.28. The zero-order valence-electron chi connectivity index (χ0n) is 22.6. The van der Waals surface area contributed by atoms with Gasteiger partial charge in [0.2, 0.25) is 0 Å². The van der Waals surface area contributed by atoms with Crippen LogP contribution in [-0.4, -0.2) is 23.8 Å². The standard InChI is InChI=1S/C31H31ClN2O5/c1-6-37-29(35)31(4,5)24-17-15-22(16-18-24)21-11-13-23(14-12-21)28-27(19(2)34-39-28)33-30(36)38-20(3)25-9-7-8-10-26(25)32/h7-18,20H,6H2,1-5H3,(H,33,36). The van der Waals surface area contributed by atoms with Crippen molar-refractivity contribution in [2.45, 2.75) is 46.1 Å². The molecule has 1 heterocycles. The third-order valence-corrected chi connectivity index (χ3v) is 6.93. The Morgan fingerprint density at radius 2 is 1.56 bits per heavy atom. The van der Waals surface area contributed by atoms with Gasteiger partial charge in [-0.25, -0.2) is 4.79 Å². The molecule has 1 atom stereocenters. The van der Waals surface area contributed by atoms with Crippen molar-refractivity contribution in [1.29, 1.82) is 0 Å². The second-order valence-electron chi connectivity index (χ2n) is 9.67. The van der Waals surface area contributed by atoms with Crippen LogP contribution < -0.4 is 5.32 Å². The Morgan fingerprint density at radius 1 is 0.974 bits per heavy atom. The predicted molar refractivity (Wildman–Crippen MR) is 152 cm³/mol. The number of aromatic nitrogens is 1. The molecule has 4 aromatic rings. The number of benzene rings is 3. The van der Waals surface area contributed by atoms with Crippen molar-refractivity contribution in [1.82, 2.24) is 5.16 Å². The van der Waals surface area contributed by atoms with Gasteiger partial charge in [0.05, 0.1) is 12.0 Å². The minimum Gasteiger partial charge on any atom is -0.465 e. The van der Waals surface area contributed by atoms with Crippen molar-refractivity contribution >= 4 is 29.4 Å². The third-order valence-electron chi connectivity index (χ3n) is 6.59. The van der Waals surface area contributed by atoms with E-state index in [2.05, 4.69) is 10.5 Å². The molecule has 7 nitrogen and oxygen atoms in total. The number of nitrogens with zero attached hydrogens (tertiary/aromatic N) is 1. The quantitative estimate of drug-likeness (QED) is 0.224. The number of esters is 1. The van der Waals surface area contributed by atoms with E-state index in [-0.39, 0.29) is 5.97 Å². The molecule has 3 aromatic carbocycles. The summed E-state index contributed by atoms with van der Waals surface area (Å²) in [5.41, 5.74) is 4.54. The van der Waals surface area contributed by atoms with Crippen molar-refractivity contribution in [3.8, 4) is 22.5 Å². The highest BCUT2D eigenvalue weighted by molar-refractivity contribution is 6.31. The Bertz CT molecular complexity index is 1460. The van der Waals surface area contributed by atoms with Crippen molar-refractivity contribution in [3.05, 3.63) is 94.6 Å². The molecule has 39 heavy (non-hydrogen) atoms. The van der Waals surface area contributed by atoms with E-state index in [0.29, 0.717) is 34.3 Å². The maximum absolute atomic E-state index is 12.7. The van der Waals surface area contributed by atoms with Crippen LogP contribution in [0.15, 0.2) is 77.3 Å². The van der Waals surface area contributed by atoms with E-state index in [4.69, 9.17) is 25.6 Å². The third kappa shape index (κ3) is 6.15. The van der Waals surface area contributed by atoms with E-state index in [9.17, 15) is 9.59 Å². The predicted octanol–water partition coefficient (Wildman–Crippen LogP) is 8.12. The number of halogens is 1. The Labute approximate surface area is 233 Å². The van der Waals surface area contributed by atoms with Crippen LogP contribution in [0.3, 0.4) is 0 Å². The summed E-state index contributed by atoms with van der Waals surface area (Å²) in [5, 5.41) is 7.32. The molecule has 1 amide bonds. The molecule has 202 valence electrons. The average molecular weight is 547 g/mol. The van der Waals surface area contributed by atoms with E-state index < -0.39 is 17.6 Å². The first-order valence-electron chi connectivity index (χ1n) is 12.7. The largest absolute Gasteiger partial charge is 0.465 e. The first-order valence-corrected chi connectivity index (χ1v) is 13.1. The molecule has 8 heteroatoms. The van der Waals surface area contributed by atoms with Gasteiger partial charge >= 0.3 is 12.1 Å². The number of aryl methyl sites for hydroxylation is 1. The summed E-state index contributed by atoms with van der Waals surface area (Å²) in [6.45, 7) is 9.35. The SMILES string of the molecule is CCOC(=O)C(C)(C)c1ccc(-c2ccc(-c3onc(C)c3NC(=O)OC(C)c3ccccc3Cl)cc2)cc1. The lowest BCUT2D eigenvalue weighted by atomic mass is 9.84. The molecule has 1 aromatic heterocycles. The number of carbonyl (C=O) groups is 2. The van der Waals surface area contributed by atoms with Crippen LogP contribution in [-0.2, 0) is 19.7 Å². The summed E-state index contributed by atoms with van der Waals surface area (Å²) in [7, 11) is 0. The number of rotatable bonds is 8. The molecule has 0 aliphatic carbocycles. The lowest BCUT2D eigenvalue weighted by molar-refractivity contribution is -0.148. The Kier molecular flexibility index (Phi) is 8.41. The zero-order chi connectivity index (χ0) is 28.2. The highest BCUT2D eigenvalue weighted by Gasteiger charge is 2.31. The van der Waals surface area contributed by atoms with Crippen molar-refractivity contribution < 1.29 is 23.6 Å². The molecule has 1 unspecified atom stereocenters. The van der Waals surface area contributed by atoms with Crippen molar-refractivity contribution in [2.75, 3.05) is 11.9 Å². The molecule has 0 spiro atoms. The molecule has 0 bridgehead atoms. The van der Waals surface area contributed by atoms with Crippen LogP contribution >= 0.6 is 11.6 Å². The summed E-state index contributed by atoms with van der Waals surface area (Å²) >= 11 is 6.23. The molecular formula is C31H31ClN2O5. The van der Waals surface area contributed by atoms with E-state index in [1.165, 1.54) is 0 Å². The maximum Gasteiger partial charge on any atom is 0.412 e. The molecule has 0 aliphatic heterocycles. The molecule has 0 saturated heterocycles. The van der Waals surface area contributed by atoms with E-state index >= 15 is 0 Å². The number of hydrogen-bond donors (Lipinski definition) is 1. The van der Waals surface area contributed by atoms with Crippen LogP contribution in [0.25, 0.3) is 22.5 Å². The summed E-state index contributed by atoms with van der Waals surface area (Å²) in [6.07, 6.45) is -1.19. The first-order chi connectivity index (χ1) is 18.6. The number of hydrogen-bond acceptors (Lipinski definition) is 6. The van der Waals surface area contributed by atoms with Gasteiger partial charge in [0, 0.05) is 16.1 Å². The maximum atomic E-state index is 12.7. The Morgan fingerprint density at radius 3 is 2.18 bits per heavy atom. The van der Waals surface area contributed by atoms with Gasteiger partial charge in [0.1, 0.15) is 17.5 Å². The highest BCUT2D eigenvalue weighted by Crippen LogP contribution is 2.34. The van der Waals surface area contributed by atoms with E-state index in [1.807, 2.05) is 80.6 Å².